The maximum absolute atomic E-state index is 12.6. The van der Waals surface area contributed by atoms with Gasteiger partial charge >= 0.3 is 6.61 Å². The number of hydrogen-bond acceptors (Lipinski definition) is 4. The van der Waals surface area contributed by atoms with Crippen molar-refractivity contribution in [1.82, 2.24) is 10.2 Å². The Morgan fingerprint density at radius 2 is 2.11 bits per heavy atom. The van der Waals surface area contributed by atoms with Gasteiger partial charge < -0.3 is 19.7 Å². The number of benzene rings is 1. The maximum Gasteiger partial charge on any atom is 0.387 e. The lowest BCUT2D eigenvalue weighted by molar-refractivity contribution is -0.131. The fourth-order valence-electron chi connectivity index (χ4n) is 3.44. The van der Waals surface area contributed by atoms with Crippen molar-refractivity contribution in [2.24, 2.45) is 11.8 Å². The van der Waals surface area contributed by atoms with Gasteiger partial charge in [-0.3, -0.25) is 4.79 Å². The average Bonchev–Trinajstić information content (AvgIpc) is 2.64. The van der Waals surface area contributed by atoms with E-state index in [4.69, 9.17) is 4.74 Å². The van der Waals surface area contributed by atoms with Gasteiger partial charge in [0.25, 0.3) is 0 Å². The van der Waals surface area contributed by atoms with Crippen molar-refractivity contribution in [2.75, 3.05) is 26.7 Å². The van der Waals surface area contributed by atoms with E-state index in [1.807, 2.05) is 0 Å². The highest BCUT2D eigenvalue weighted by Crippen LogP contribution is 2.30. The molecule has 2 rings (SSSR count). The first-order valence-electron chi connectivity index (χ1n) is 9.56. The second-order valence-corrected chi connectivity index (χ2v) is 7.13. The van der Waals surface area contributed by atoms with Gasteiger partial charge in [-0.2, -0.15) is 8.78 Å². The highest BCUT2D eigenvalue weighted by atomic mass is 35.5. The molecule has 1 N–H and O–H groups in total. The standard InChI is InChI=1S/C20H30F2N2O3.ClH/c1-4-26-18-11-15(7-8-17(18)27-20(21)22)13-24(3)19(25)10-14(2)16-6-5-9-23-12-16;/h7-8,11,14,16,20,23H,4-6,9-10,12-13H2,1-3H3;1H. The maximum atomic E-state index is 12.6. The van der Waals surface area contributed by atoms with E-state index in [-0.39, 0.29) is 29.8 Å². The van der Waals surface area contributed by atoms with Gasteiger partial charge in [0.1, 0.15) is 0 Å². The summed E-state index contributed by atoms with van der Waals surface area (Å²) in [6.07, 6.45) is 2.83. The van der Waals surface area contributed by atoms with E-state index in [0.29, 0.717) is 31.4 Å². The van der Waals surface area contributed by atoms with E-state index < -0.39 is 6.61 Å². The zero-order valence-corrected chi connectivity index (χ0v) is 17.6. The molecule has 1 aromatic carbocycles. The third-order valence-electron chi connectivity index (χ3n) is 5.01. The molecule has 1 aliphatic rings. The molecule has 1 amide bonds. The second-order valence-electron chi connectivity index (χ2n) is 7.13. The van der Waals surface area contributed by atoms with Gasteiger partial charge in [-0.1, -0.05) is 13.0 Å². The second kappa shape index (κ2) is 12.1. The molecule has 2 unspecified atom stereocenters. The number of nitrogens with one attached hydrogen (secondary N) is 1. The van der Waals surface area contributed by atoms with Crippen molar-refractivity contribution in [3.05, 3.63) is 23.8 Å². The van der Waals surface area contributed by atoms with Crippen LogP contribution in [0.2, 0.25) is 0 Å². The van der Waals surface area contributed by atoms with Crippen LogP contribution in [0.4, 0.5) is 8.78 Å². The normalized spacial score (nSPS) is 17.6. The summed E-state index contributed by atoms with van der Waals surface area (Å²) in [5.74, 6) is 1.21. The minimum absolute atomic E-state index is 0. The fourth-order valence-corrected chi connectivity index (χ4v) is 3.44. The Morgan fingerprint density at radius 3 is 2.71 bits per heavy atom. The highest BCUT2D eigenvalue weighted by molar-refractivity contribution is 5.85. The quantitative estimate of drug-likeness (QED) is 0.653. The van der Waals surface area contributed by atoms with Crippen LogP contribution in [0.5, 0.6) is 11.5 Å². The first-order valence-corrected chi connectivity index (χ1v) is 9.56. The van der Waals surface area contributed by atoms with Crippen molar-refractivity contribution < 1.29 is 23.0 Å². The minimum Gasteiger partial charge on any atom is -0.490 e. The lowest BCUT2D eigenvalue weighted by Gasteiger charge is -2.29. The van der Waals surface area contributed by atoms with Crippen LogP contribution < -0.4 is 14.8 Å². The SMILES string of the molecule is CCOc1cc(CN(C)C(=O)CC(C)C2CCCNC2)ccc1OC(F)F.Cl. The Labute approximate surface area is 172 Å². The molecule has 160 valence electrons. The fraction of sp³-hybridized carbons (Fsp3) is 0.650. The third-order valence-corrected chi connectivity index (χ3v) is 5.01. The number of carbonyl (C=O) groups excluding carboxylic acids is 1. The molecule has 1 saturated heterocycles. The van der Waals surface area contributed by atoms with Crippen LogP contribution >= 0.6 is 12.4 Å². The van der Waals surface area contributed by atoms with Crippen LogP contribution in [0.15, 0.2) is 18.2 Å². The van der Waals surface area contributed by atoms with Gasteiger partial charge in [0, 0.05) is 20.0 Å². The van der Waals surface area contributed by atoms with Crippen LogP contribution in [0.1, 0.15) is 38.7 Å². The summed E-state index contributed by atoms with van der Waals surface area (Å²) >= 11 is 0. The summed E-state index contributed by atoms with van der Waals surface area (Å²) < 4.78 is 34.9. The number of halogens is 3. The molecule has 0 spiro atoms. The predicted molar refractivity (Wildman–Crippen MR) is 107 cm³/mol. The molecule has 5 nitrogen and oxygen atoms in total. The zero-order chi connectivity index (χ0) is 19.8. The molecule has 2 atom stereocenters. The number of hydrogen-bond donors (Lipinski definition) is 1. The number of amides is 1. The Bertz CT molecular complexity index is 613. The minimum atomic E-state index is -2.91. The van der Waals surface area contributed by atoms with Crippen molar-refractivity contribution >= 4 is 18.3 Å². The van der Waals surface area contributed by atoms with Crippen molar-refractivity contribution in [1.29, 1.82) is 0 Å². The lowest BCUT2D eigenvalue weighted by atomic mass is 9.85. The Kier molecular flexibility index (Phi) is 10.5. The molecule has 0 saturated carbocycles. The summed E-state index contributed by atoms with van der Waals surface area (Å²) in [5.41, 5.74) is 0.808. The third kappa shape index (κ3) is 7.43. The molecule has 0 aromatic heterocycles. The van der Waals surface area contributed by atoms with Crippen molar-refractivity contribution in [2.45, 2.75) is 46.3 Å². The zero-order valence-electron chi connectivity index (χ0n) is 16.7. The summed E-state index contributed by atoms with van der Waals surface area (Å²) in [6.45, 7) is 3.76. The summed E-state index contributed by atoms with van der Waals surface area (Å²) in [4.78, 5) is 14.2. The van der Waals surface area contributed by atoms with Crippen molar-refractivity contribution in [3.8, 4) is 11.5 Å². The van der Waals surface area contributed by atoms with E-state index in [1.54, 1.807) is 31.0 Å². The van der Waals surface area contributed by atoms with E-state index in [0.717, 1.165) is 31.5 Å². The van der Waals surface area contributed by atoms with Crippen LogP contribution in [-0.4, -0.2) is 44.2 Å². The first-order chi connectivity index (χ1) is 12.9. The summed E-state index contributed by atoms with van der Waals surface area (Å²) in [5, 5.41) is 3.39. The Balaban J connectivity index is 0.00000392. The lowest BCUT2D eigenvalue weighted by Crippen LogP contribution is -2.36. The van der Waals surface area contributed by atoms with Gasteiger partial charge in [-0.05, 0) is 62.4 Å². The molecule has 28 heavy (non-hydrogen) atoms. The molecule has 8 heteroatoms. The molecule has 1 fully saturated rings. The molecule has 0 bridgehead atoms. The first kappa shape index (κ1) is 24.4. The predicted octanol–water partition coefficient (Wildman–Crippen LogP) is 4.09. The van der Waals surface area contributed by atoms with E-state index in [2.05, 4.69) is 17.0 Å². The van der Waals surface area contributed by atoms with Crippen LogP contribution in [0.3, 0.4) is 0 Å². The summed E-state index contributed by atoms with van der Waals surface area (Å²) in [6, 6.07) is 4.79. The smallest absolute Gasteiger partial charge is 0.387 e. The number of rotatable bonds is 9. The number of alkyl halides is 2. The Morgan fingerprint density at radius 1 is 1.36 bits per heavy atom. The van der Waals surface area contributed by atoms with Gasteiger partial charge in [-0.15, -0.1) is 12.4 Å². The number of ether oxygens (including phenoxy) is 2. The molecule has 0 radical (unpaired) electrons. The molecule has 0 aliphatic carbocycles. The largest absolute Gasteiger partial charge is 0.490 e. The molecule has 1 aromatic rings. The average molecular weight is 421 g/mol. The van der Waals surface area contributed by atoms with Crippen LogP contribution in [0.25, 0.3) is 0 Å². The molecular formula is C20H31ClF2N2O3. The van der Waals surface area contributed by atoms with Crippen LogP contribution in [0, 0.1) is 11.8 Å². The number of carbonyl (C=O) groups is 1. The number of nitrogens with zero attached hydrogens (tertiary/aromatic N) is 1. The van der Waals surface area contributed by atoms with Gasteiger partial charge in [-0.25, -0.2) is 0 Å². The molecule has 1 heterocycles. The van der Waals surface area contributed by atoms with Gasteiger partial charge in [0.05, 0.1) is 6.61 Å². The van der Waals surface area contributed by atoms with Crippen LogP contribution in [-0.2, 0) is 11.3 Å². The van der Waals surface area contributed by atoms with E-state index in [1.165, 1.54) is 6.07 Å². The monoisotopic (exact) mass is 420 g/mol. The van der Waals surface area contributed by atoms with E-state index >= 15 is 0 Å². The topological polar surface area (TPSA) is 50.8 Å². The molecule has 1 aliphatic heterocycles. The summed E-state index contributed by atoms with van der Waals surface area (Å²) in [7, 11) is 1.76. The van der Waals surface area contributed by atoms with Gasteiger partial charge in [0.15, 0.2) is 11.5 Å². The number of piperidine rings is 1. The highest BCUT2D eigenvalue weighted by Gasteiger charge is 2.23. The van der Waals surface area contributed by atoms with E-state index in [9.17, 15) is 13.6 Å². The molecular weight excluding hydrogens is 390 g/mol. The Hall–Kier alpha value is -1.60. The van der Waals surface area contributed by atoms with Crippen molar-refractivity contribution in [3.63, 3.8) is 0 Å². The van der Waals surface area contributed by atoms with Gasteiger partial charge in [0.2, 0.25) is 5.91 Å².